The molecule has 1 aliphatic heterocycles. The van der Waals surface area contributed by atoms with Gasteiger partial charge in [0.25, 0.3) is 0 Å². The number of hydrogen-bond donors (Lipinski definition) is 5. The highest BCUT2D eigenvalue weighted by Gasteiger charge is 2.36. The number of fused-ring (bicyclic) bond motifs is 1. The molecule has 0 aliphatic carbocycles. The number of rotatable bonds is 4. The summed E-state index contributed by atoms with van der Waals surface area (Å²) in [5, 5.41) is 48.4. The molecule has 0 bridgehead atoms. The molecular weight excluding hydrogens is 356 g/mol. The SMILES string of the molecule is C[C@@H](O)CC(=O)O[C@@H]1Cc2c(O)cc(O)cc2O[C@@H]1c1ccc(O)c(O)c1. The van der Waals surface area contributed by atoms with Crippen LogP contribution in [0.15, 0.2) is 30.3 Å². The van der Waals surface area contributed by atoms with E-state index in [4.69, 9.17) is 9.47 Å². The molecule has 27 heavy (non-hydrogen) atoms. The predicted molar refractivity (Wildman–Crippen MR) is 92.8 cm³/mol. The highest BCUT2D eigenvalue weighted by atomic mass is 16.6. The topological polar surface area (TPSA) is 137 Å². The number of aliphatic hydroxyl groups is 1. The minimum atomic E-state index is -0.879. The number of hydrogen-bond acceptors (Lipinski definition) is 8. The molecule has 1 heterocycles. The van der Waals surface area contributed by atoms with Crippen LogP contribution in [0.3, 0.4) is 0 Å². The van der Waals surface area contributed by atoms with Gasteiger partial charge in [-0.05, 0) is 19.1 Å². The van der Waals surface area contributed by atoms with Gasteiger partial charge in [0.15, 0.2) is 17.6 Å². The molecule has 8 heteroatoms. The number of aliphatic hydroxyl groups excluding tert-OH is 1. The van der Waals surface area contributed by atoms with Crippen molar-refractivity contribution in [2.24, 2.45) is 0 Å². The van der Waals surface area contributed by atoms with E-state index in [1.165, 1.54) is 31.2 Å². The van der Waals surface area contributed by atoms with Crippen LogP contribution in [0.5, 0.6) is 28.7 Å². The van der Waals surface area contributed by atoms with E-state index in [2.05, 4.69) is 0 Å². The van der Waals surface area contributed by atoms with Crippen molar-refractivity contribution in [2.45, 2.75) is 38.1 Å². The van der Waals surface area contributed by atoms with Gasteiger partial charge in [-0.3, -0.25) is 4.79 Å². The molecule has 8 nitrogen and oxygen atoms in total. The minimum absolute atomic E-state index is 0.0965. The van der Waals surface area contributed by atoms with Gasteiger partial charge in [-0.15, -0.1) is 0 Å². The average molecular weight is 376 g/mol. The third-order valence-electron chi connectivity index (χ3n) is 4.24. The molecule has 0 radical (unpaired) electrons. The van der Waals surface area contributed by atoms with E-state index in [1.54, 1.807) is 0 Å². The number of ether oxygens (including phenoxy) is 2. The summed E-state index contributed by atoms with van der Waals surface area (Å²) >= 11 is 0. The van der Waals surface area contributed by atoms with Crippen LogP contribution in [0, 0.1) is 0 Å². The van der Waals surface area contributed by atoms with Crippen LogP contribution in [-0.2, 0) is 16.0 Å². The number of phenols is 4. The summed E-state index contributed by atoms with van der Waals surface area (Å²) in [4.78, 5) is 12.0. The molecule has 5 N–H and O–H groups in total. The van der Waals surface area contributed by atoms with Gasteiger partial charge in [0.1, 0.15) is 23.4 Å². The maximum Gasteiger partial charge on any atom is 0.308 e. The second kappa shape index (κ2) is 7.24. The first-order chi connectivity index (χ1) is 12.7. The van der Waals surface area contributed by atoms with Crippen LogP contribution in [-0.4, -0.2) is 43.7 Å². The average Bonchev–Trinajstić information content (AvgIpc) is 2.56. The van der Waals surface area contributed by atoms with E-state index in [9.17, 15) is 30.3 Å². The zero-order valence-corrected chi connectivity index (χ0v) is 14.5. The van der Waals surface area contributed by atoms with Gasteiger partial charge < -0.3 is 35.0 Å². The van der Waals surface area contributed by atoms with Gasteiger partial charge in [0.2, 0.25) is 0 Å². The van der Waals surface area contributed by atoms with E-state index < -0.39 is 24.3 Å². The molecule has 0 fully saturated rings. The second-order valence-electron chi connectivity index (χ2n) is 6.51. The molecule has 0 amide bonds. The molecule has 1 aliphatic rings. The van der Waals surface area contributed by atoms with Crippen molar-refractivity contribution >= 4 is 5.97 Å². The van der Waals surface area contributed by atoms with Crippen LogP contribution >= 0.6 is 0 Å². The third kappa shape index (κ3) is 4.01. The van der Waals surface area contributed by atoms with Gasteiger partial charge in [0.05, 0.1) is 12.5 Å². The van der Waals surface area contributed by atoms with Crippen molar-refractivity contribution in [3.8, 4) is 28.7 Å². The summed E-state index contributed by atoms with van der Waals surface area (Å²) in [5.41, 5.74) is 0.788. The van der Waals surface area contributed by atoms with Crippen LogP contribution in [0.4, 0.5) is 0 Å². The fourth-order valence-electron chi connectivity index (χ4n) is 3.01. The first kappa shape index (κ1) is 18.7. The number of benzene rings is 2. The Labute approximate surface area is 154 Å². The van der Waals surface area contributed by atoms with Crippen molar-refractivity contribution in [1.29, 1.82) is 0 Å². The van der Waals surface area contributed by atoms with Crippen LogP contribution in [0.1, 0.15) is 30.6 Å². The Hall–Kier alpha value is -3.13. The minimum Gasteiger partial charge on any atom is -0.508 e. The summed E-state index contributed by atoms with van der Waals surface area (Å²) in [6, 6.07) is 6.55. The van der Waals surface area contributed by atoms with Gasteiger partial charge >= 0.3 is 5.97 Å². The number of carbonyl (C=O) groups excluding carboxylic acids is 1. The second-order valence-corrected chi connectivity index (χ2v) is 6.51. The lowest BCUT2D eigenvalue weighted by Crippen LogP contribution is -2.35. The van der Waals surface area contributed by atoms with Crippen molar-refractivity contribution in [3.05, 3.63) is 41.5 Å². The largest absolute Gasteiger partial charge is 0.508 e. The van der Waals surface area contributed by atoms with Gasteiger partial charge in [-0.25, -0.2) is 0 Å². The summed E-state index contributed by atoms with van der Waals surface area (Å²) in [5.74, 6) is -1.50. The zero-order chi connectivity index (χ0) is 19.7. The van der Waals surface area contributed by atoms with Crippen molar-refractivity contribution < 1.29 is 39.8 Å². The molecule has 2 aromatic carbocycles. The van der Waals surface area contributed by atoms with E-state index in [0.29, 0.717) is 11.1 Å². The number of aromatic hydroxyl groups is 4. The molecule has 144 valence electrons. The molecular formula is C19H20O8. The highest BCUT2D eigenvalue weighted by molar-refractivity contribution is 5.70. The normalized spacial score (nSPS) is 19.6. The Kier molecular flexibility index (Phi) is 5.00. The molecule has 3 atom stereocenters. The van der Waals surface area contributed by atoms with E-state index >= 15 is 0 Å². The fourth-order valence-corrected chi connectivity index (χ4v) is 3.01. The van der Waals surface area contributed by atoms with Crippen molar-refractivity contribution in [2.75, 3.05) is 0 Å². The lowest BCUT2D eigenvalue weighted by molar-refractivity contribution is -0.157. The highest BCUT2D eigenvalue weighted by Crippen LogP contribution is 2.43. The van der Waals surface area contributed by atoms with Crippen LogP contribution in [0.25, 0.3) is 0 Å². The third-order valence-corrected chi connectivity index (χ3v) is 4.24. The maximum atomic E-state index is 12.0. The van der Waals surface area contributed by atoms with Crippen LogP contribution < -0.4 is 4.74 Å². The van der Waals surface area contributed by atoms with Crippen molar-refractivity contribution in [1.82, 2.24) is 0 Å². The number of carbonyl (C=O) groups is 1. The van der Waals surface area contributed by atoms with Gasteiger partial charge in [0, 0.05) is 29.7 Å². The van der Waals surface area contributed by atoms with Crippen LogP contribution in [0.2, 0.25) is 0 Å². The molecule has 3 rings (SSSR count). The monoisotopic (exact) mass is 376 g/mol. The lowest BCUT2D eigenvalue weighted by atomic mass is 9.93. The van der Waals surface area contributed by atoms with E-state index in [1.807, 2.05) is 0 Å². The van der Waals surface area contributed by atoms with E-state index in [-0.39, 0.29) is 41.6 Å². The van der Waals surface area contributed by atoms with Crippen molar-refractivity contribution in [3.63, 3.8) is 0 Å². The van der Waals surface area contributed by atoms with E-state index in [0.717, 1.165) is 6.07 Å². The Morgan fingerprint density at radius 3 is 2.56 bits per heavy atom. The summed E-state index contributed by atoms with van der Waals surface area (Å²) in [6.07, 6.45) is -2.71. The first-order valence-corrected chi connectivity index (χ1v) is 8.35. The molecule has 0 aromatic heterocycles. The predicted octanol–water partition coefficient (Wildman–Crippen LogP) is 1.87. The molecule has 2 aromatic rings. The molecule has 0 saturated carbocycles. The Balaban J connectivity index is 1.97. The maximum absolute atomic E-state index is 12.0. The van der Waals surface area contributed by atoms with Gasteiger partial charge in [-0.2, -0.15) is 0 Å². The zero-order valence-electron chi connectivity index (χ0n) is 14.5. The standard InChI is InChI=1S/C19H20O8/c1-9(20)4-18(25)26-17-8-12-14(23)6-11(21)7-16(12)27-19(17)10-2-3-13(22)15(24)5-10/h2-3,5-7,9,17,19-24H,4,8H2,1H3/t9-,17-,19-/m1/s1. The molecule has 0 unspecified atom stereocenters. The summed E-state index contributed by atoms with van der Waals surface area (Å²) in [6.45, 7) is 1.46. The molecule has 0 spiro atoms. The number of esters is 1. The lowest BCUT2D eigenvalue weighted by Gasteiger charge is -2.34. The fraction of sp³-hybridized carbons (Fsp3) is 0.316. The summed E-state index contributed by atoms with van der Waals surface area (Å²) in [7, 11) is 0. The van der Waals surface area contributed by atoms with Gasteiger partial charge in [-0.1, -0.05) is 6.07 Å². The Morgan fingerprint density at radius 2 is 1.89 bits per heavy atom. The Bertz CT molecular complexity index is 861. The quantitative estimate of drug-likeness (QED) is 0.403. The molecule has 0 saturated heterocycles. The smallest absolute Gasteiger partial charge is 0.308 e. The Morgan fingerprint density at radius 1 is 1.15 bits per heavy atom. The number of phenolic OH excluding ortho intramolecular Hbond substituents is 4. The summed E-state index contributed by atoms with van der Waals surface area (Å²) < 4.78 is 11.3. The first-order valence-electron chi connectivity index (χ1n) is 8.35.